The third kappa shape index (κ3) is 2.97. The van der Waals surface area contributed by atoms with Crippen LogP contribution in [0.4, 0.5) is 8.78 Å². The third-order valence-electron chi connectivity index (χ3n) is 1.17. The highest BCUT2D eigenvalue weighted by atomic mass is 79.9. The Hall–Kier alpha value is -0.0600. The van der Waals surface area contributed by atoms with Gasteiger partial charge in [-0.05, 0) is 28.1 Å². The summed E-state index contributed by atoms with van der Waals surface area (Å²) in [4.78, 5) is 0. The first kappa shape index (κ1) is 11.0. The molecule has 0 heterocycles. The van der Waals surface area contributed by atoms with Crippen LogP contribution < -0.4 is 4.74 Å². The molecule has 72 valence electrons. The predicted octanol–water partition coefficient (Wildman–Crippen LogP) is 4.36. The molecule has 0 unspecified atom stereocenters. The van der Waals surface area contributed by atoms with E-state index in [-0.39, 0.29) is 10.8 Å². The van der Waals surface area contributed by atoms with Crippen molar-refractivity contribution in [3.63, 3.8) is 0 Å². The van der Waals surface area contributed by atoms with E-state index >= 15 is 0 Å². The van der Waals surface area contributed by atoms with Gasteiger partial charge in [-0.25, -0.2) is 0 Å². The molecule has 6 heteroatoms. The summed E-state index contributed by atoms with van der Waals surface area (Å²) in [5, 5.41) is 0.387. The van der Waals surface area contributed by atoms with Gasteiger partial charge in [0.15, 0.2) is 5.75 Å². The number of hydrogen-bond donors (Lipinski definition) is 0. The molecule has 1 aromatic rings. The highest BCUT2D eigenvalue weighted by Crippen LogP contribution is 2.36. The summed E-state index contributed by atoms with van der Waals surface area (Å²) >= 11 is 14.2. The lowest BCUT2D eigenvalue weighted by molar-refractivity contribution is -0.0502. The average molecular weight is 292 g/mol. The topological polar surface area (TPSA) is 9.23 Å². The summed E-state index contributed by atoms with van der Waals surface area (Å²) in [7, 11) is 0. The maximum atomic E-state index is 11.8. The van der Waals surface area contributed by atoms with Crippen LogP contribution in [-0.2, 0) is 0 Å². The van der Waals surface area contributed by atoms with Crippen molar-refractivity contribution < 1.29 is 13.5 Å². The van der Waals surface area contributed by atoms with Crippen molar-refractivity contribution in [3.05, 3.63) is 26.7 Å². The minimum atomic E-state index is -2.91. The second-order valence-electron chi connectivity index (χ2n) is 2.08. The van der Waals surface area contributed by atoms with Crippen molar-refractivity contribution in [2.45, 2.75) is 6.61 Å². The first-order chi connectivity index (χ1) is 6.00. The first-order valence-electron chi connectivity index (χ1n) is 3.10. The van der Waals surface area contributed by atoms with Crippen molar-refractivity contribution in [2.75, 3.05) is 0 Å². The van der Waals surface area contributed by atoms with Crippen LogP contribution in [0.25, 0.3) is 0 Å². The van der Waals surface area contributed by atoms with Crippen LogP contribution in [0.2, 0.25) is 10.0 Å². The molecule has 0 aliphatic heterocycles. The van der Waals surface area contributed by atoms with Crippen molar-refractivity contribution >= 4 is 39.1 Å². The smallest absolute Gasteiger partial charge is 0.387 e. The number of rotatable bonds is 2. The van der Waals surface area contributed by atoms with Crippen LogP contribution in [0.15, 0.2) is 16.6 Å². The van der Waals surface area contributed by atoms with Crippen LogP contribution in [0.3, 0.4) is 0 Å². The molecule has 0 atom stereocenters. The van der Waals surface area contributed by atoms with E-state index in [9.17, 15) is 8.78 Å². The number of ether oxygens (including phenoxy) is 1. The zero-order valence-electron chi connectivity index (χ0n) is 6.03. The van der Waals surface area contributed by atoms with E-state index in [2.05, 4.69) is 20.7 Å². The van der Waals surface area contributed by atoms with E-state index in [1.54, 1.807) is 0 Å². The summed E-state index contributed by atoms with van der Waals surface area (Å²) in [6.07, 6.45) is 0. The predicted molar refractivity (Wildman–Crippen MR) is 50.8 cm³/mol. The molecule has 0 aromatic heterocycles. The highest BCUT2D eigenvalue weighted by Gasteiger charge is 2.13. The maximum absolute atomic E-state index is 11.8. The Morgan fingerprint density at radius 2 is 1.92 bits per heavy atom. The van der Waals surface area contributed by atoms with E-state index in [0.717, 1.165) is 0 Å². The molecule has 0 amide bonds. The molecule has 0 saturated carbocycles. The fourth-order valence-electron chi connectivity index (χ4n) is 0.731. The van der Waals surface area contributed by atoms with E-state index in [4.69, 9.17) is 23.2 Å². The lowest BCUT2D eigenvalue weighted by Gasteiger charge is -2.08. The van der Waals surface area contributed by atoms with Crippen LogP contribution in [0.5, 0.6) is 5.75 Å². The number of benzene rings is 1. The molecule has 1 aromatic carbocycles. The van der Waals surface area contributed by atoms with E-state index < -0.39 is 6.61 Å². The third-order valence-corrected chi connectivity index (χ3v) is 2.26. The Balaban J connectivity index is 3.06. The molecule has 1 rings (SSSR count). The normalized spacial score (nSPS) is 10.6. The molecule has 0 spiro atoms. The van der Waals surface area contributed by atoms with Crippen molar-refractivity contribution in [1.29, 1.82) is 0 Å². The molecule has 0 fully saturated rings. The second-order valence-corrected chi connectivity index (χ2v) is 3.78. The first-order valence-corrected chi connectivity index (χ1v) is 4.65. The molecule has 13 heavy (non-hydrogen) atoms. The number of hydrogen-bond acceptors (Lipinski definition) is 1. The Morgan fingerprint density at radius 3 is 2.38 bits per heavy atom. The van der Waals surface area contributed by atoms with Gasteiger partial charge in [0.05, 0.1) is 9.50 Å². The highest BCUT2D eigenvalue weighted by molar-refractivity contribution is 9.10. The summed E-state index contributed by atoms with van der Waals surface area (Å²) in [5.74, 6) is -0.110. The lowest BCUT2D eigenvalue weighted by atomic mass is 10.3. The monoisotopic (exact) mass is 290 g/mol. The Labute approximate surface area is 91.7 Å². The zero-order valence-corrected chi connectivity index (χ0v) is 9.13. The number of halogens is 5. The molecule has 0 aliphatic rings. The molecule has 0 aliphatic carbocycles. The standard InChI is InChI=1S/C7H3BrCl2F2O/c8-4-1-3(9)2-5(10)6(4)13-7(11)12/h1-2,7H. The summed E-state index contributed by atoms with van der Waals surface area (Å²) in [6, 6.07) is 2.75. The Bertz CT molecular complexity index is 296. The fourth-order valence-corrected chi connectivity index (χ4v) is 2.07. The maximum Gasteiger partial charge on any atom is 0.387 e. The second kappa shape index (κ2) is 4.44. The van der Waals surface area contributed by atoms with Gasteiger partial charge >= 0.3 is 6.61 Å². The molecule has 0 radical (unpaired) electrons. The Kier molecular flexibility index (Phi) is 3.76. The van der Waals surface area contributed by atoms with Gasteiger partial charge in [-0.3, -0.25) is 0 Å². The molecular formula is C7H3BrCl2F2O. The summed E-state index contributed by atoms with van der Waals surface area (Å²) < 4.78 is 28.1. The van der Waals surface area contributed by atoms with Gasteiger partial charge in [-0.1, -0.05) is 23.2 Å². The quantitative estimate of drug-likeness (QED) is 0.787. The minimum absolute atomic E-state index is 0.0414. The van der Waals surface area contributed by atoms with Gasteiger partial charge in [-0.15, -0.1) is 0 Å². The SMILES string of the molecule is FC(F)Oc1c(Cl)cc(Cl)cc1Br. The largest absolute Gasteiger partial charge is 0.432 e. The molecule has 0 bridgehead atoms. The van der Waals surface area contributed by atoms with Crippen LogP contribution in [-0.4, -0.2) is 6.61 Å². The van der Waals surface area contributed by atoms with Gasteiger partial charge in [0.1, 0.15) is 0 Å². The number of alkyl halides is 2. The molecule has 0 saturated heterocycles. The lowest BCUT2D eigenvalue weighted by Crippen LogP contribution is -2.02. The molecule has 0 N–H and O–H groups in total. The van der Waals surface area contributed by atoms with Crippen molar-refractivity contribution in [2.24, 2.45) is 0 Å². The minimum Gasteiger partial charge on any atom is -0.432 e. The Morgan fingerprint density at radius 1 is 1.31 bits per heavy atom. The average Bonchev–Trinajstić information content (AvgIpc) is 1.96. The van der Waals surface area contributed by atoms with Crippen LogP contribution in [0, 0.1) is 0 Å². The van der Waals surface area contributed by atoms with Gasteiger partial charge in [0.2, 0.25) is 0 Å². The van der Waals surface area contributed by atoms with Crippen molar-refractivity contribution in [1.82, 2.24) is 0 Å². The van der Waals surface area contributed by atoms with E-state index in [1.165, 1.54) is 12.1 Å². The molecular weight excluding hydrogens is 289 g/mol. The van der Waals surface area contributed by atoms with E-state index in [1.807, 2.05) is 0 Å². The van der Waals surface area contributed by atoms with Gasteiger partial charge in [0, 0.05) is 5.02 Å². The fraction of sp³-hybridized carbons (Fsp3) is 0.143. The van der Waals surface area contributed by atoms with Crippen LogP contribution in [0.1, 0.15) is 0 Å². The van der Waals surface area contributed by atoms with Crippen molar-refractivity contribution in [3.8, 4) is 5.75 Å². The zero-order chi connectivity index (χ0) is 10.0. The van der Waals surface area contributed by atoms with Gasteiger partial charge < -0.3 is 4.74 Å². The summed E-state index contributed by atoms with van der Waals surface area (Å²) in [6.45, 7) is -2.91. The van der Waals surface area contributed by atoms with Gasteiger partial charge in [-0.2, -0.15) is 8.78 Å². The van der Waals surface area contributed by atoms with E-state index in [0.29, 0.717) is 9.50 Å². The van der Waals surface area contributed by atoms with Gasteiger partial charge in [0.25, 0.3) is 0 Å². The summed E-state index contributed by atoms with van der Waals surface area (Å²) in [5.41, 5.74) is 0. The molecule has 1 nitrogen and oxygen atoms in total. The van der Waals surface area contributed by atoms with Crippen LogP contribution >= 0.6 is 39.1 Å².